The SMILES string of the molecule is COc1ccc(C(=O)C[C@H]2C(=O)Nc3ccccc32)cc1. The first-order valence-electron chi connectivity index (χ1n) is 6.76. The maximum atomic E-state index is 12.3. The zero-order valence-electron chi connectivity index (χ0n) is 11.6. The lowest BCUT2D eigenvalue weighted by Gasteiger charge is -2.08. The lowest BCUT2D eigenvalue weighted by Crippen LogP contribution is -2.16. The van der Waals surface area contributed by atoms with Crippen molar-refractivity contribution >= 4 is 17.4 Å². The minimum Gasteiger partial charge on any atom is -0.497 e. The number of nitrogens with one attached hydrogen (secondary N) is 1. The number of fused-ring (bicyclic) bond motifs is 1. The quantitative estimate of drug-likeness (QED) is 0.876. The predicted octanol–water partition coefficient (Wildman–Crippen LogP) is 3.00. The van der Waals surface area contributed by atoms with Gasteiger partial charge in [-0.2, -0.15) is 0 Å². The van der Waals surface area contributed by atoms with Crippen molar-refractivity contribution in [3.05, 3.63) is 59.7 Å². The van der Waals surface area contributed by atoms with E-state index < -0.39 is 5.92 Å². The summed E-state index contributed by atoms with van der Waals surface area (Å²) in [6, 6.07) is 14.4. The summed E-state index contributed by atoms with van der Waals surface area (Å²) in [5, 5.41) is 2.81. The van der Waals surface area contributed by atoms with Gasteiger partial charge in [0, 0.05) is 17.7 Å². The Kier molecular flexibility index (Phi) is 3.44. The van der Waals surface area contributed by atoms with E-state index in [2.05, 4.69) is 5.32 Å². The zero-order chi connectivity index (χ0) is 14.8. The van der Waals surface area contributed by atoms with E-state index in [0.717, 1.165) is 11.3 Å². The standard InChI is InChI=1S/C17H15NO3/c1-21-12-8-6-11(7-9-12)16(19)10-14-13-4-2-3-5-15(13)18-17(14)20/h2-9,14H,10H2,1H3,(H,18,20)/t14-/m1/s1. The Balaban J connectivity index is 1.80. The molecule has 106 valence electrons. The Hall–Kier alpha value is -2.62. The third kappa shape index (κ3) is 2.52. The summed E-state index contributed by atoms with van der Waals surface area (Å²) in [6.07, 6.45) is 0.176. The largest absolute Gasteiger partial charge is 0.497 e. The molecule has 4 heteroatoms. The van der Waals surface area contributed by atoms with Crippen LogP contribution in [-0.4, -0.2) is 18.8 Å². The molecule has 1 amide bonds. The number of benzene rings is 2. The van der Waals surface area contributed by atoms with Crippen molar-refractivity contribution in [3.63, 3.8) is 0 Å². The van der Waals surface area contributed by atoms with Crippen molar-refractivity contribution in [3.8, 4) is 5.75 Å². The topological polar surface area (TPSA) is 55.4 Å². The van der Waals surface area contributed by atoms with Crippen LogP contribution in [0.15, 0.2) is 48.5 Å². The number of rotatable bonds is 4. The highest BCUT2D eigenvalue weighted by Crippen LogP contribution is 2.35. The van der Waals surface area contributed by atoms with Gasteiger partial charge < -0.3 is 10.1 Å². The third-order valence-electron chi connectivity index (χ3n) is 3.71. The van der Waals surface area contributed by atoms with Crippen LogP contribution in [-0.2, 0) is 4.79 Å². The summed E-state index contributed by atoms with van der Waals surface area (Å²) in [6.45, 7) is 0. The molecule has 21 heavy (non-hydrogen) atoms. The first-order valence-corrected chi connectivity index (χ1v) is 6.76. The Labute approximate surface area is 122 Å². The van der Waals surface area contributed by atoms with Crippen LogP contribution in [0.4, 0.5) is 5.69 Å². The summed E-state index contributed by atoms with van der Waals surface area (Å²) in [7, 11) is 1.58. The smallest absolute Gasteiger partial charge is 0.232 e. The van der Waals surface area contributed by atoms with Gasteiger partial charge in [-0.25, -0.2) is 0 Å². The van der Waals surface area contributed by atoms with Crippen LogP contribution in [0.3, 0.4) is 0 Å². The minimum atomic E-state index is -0.407. The molecule has 1 N–H and O–H groups in total. The van der Waals surface area contributed by atoms with Gasteiger partial charge in [0.15, 0.2) is 5.78 Å². The second-order valence-electron chi connectivity index (χ2n) is 4.98. The van der Waals surface area contributed by atoms with Crippen LogP contribution in [0.25, 0.3) is 0 Å². The van der Waals surface area contributed by atoms with E-state index in [9.17, 15) is 9.59 Å². The molecule has 2 aromatic rings. The average molecular weight is 281 g/mol. The molecule has 0 saturated heterocycles. The van der Waals surface area contributed by atoms with E-state index in [0.29, 0.717) is 11.3 Å². The van der Waals surface area contributed by atoms with Crippen molar-refractivity contribution < 1.29 is 14.3 Å². The molecule has 0 radical (unpaired) electrons. The molecule has 4 nitrogen and oxygen atoms in total. The number of Topliss-reactive ketones (excluding diaryl/α,β-unsaturated/α-hetero) is 1. The number of amides is 1. The second kappa shape index (κ2) is 5.40. The lowest BCUT2D eigenvalue weighted by molar-refractivity contribution is -0.117. The van der Waals surface area contributed by atoms with Gasteiger partial charge in [0.2, 0.25) is 5.91 Å². The number of para-hydroxylation sites is 1. The van der Waals surface area contributed by atoms with Gasteiger partial charge in [0.25, 0.3) is 0 Å². The fourth-order valence-electron chi connectivity index (χ4n) is 2.56. The molecule has 3 rings (SSSR count). The van der Waals surface area contributed by atoms with Gasteiger partial charge in [0.05, 0.1) is 13.0 Å². The summed E-state index contributed by atoms with van der Waals surface area (Å²) in [5.74, 6) is 0.138. The summed E-state index contributed by atoms with van der Waals surface area (Å²) in [4.78, 5) is 24.3. The van der Waals surface area contributed by atoms with E-state index in [4.69, 9.17) is 4.74 Å². The fraction of sp³-hybridized carbons (Fsp3) is 0.176. The van der Waals surface area contributed by atoms with Gasteiger partial charge in [-0.3, -0.25) is 9.59 Å². The highest BCUT2D eigenvalue weighted by atomic mass is 16.5. The fourth-order valence-corrected chi connectivity index (χ4v) is 2.56. The highest BCUT2D eigenvalue weighted by molar-refractivity contribution is 6.07. The number of ketones is 1. The Morgan fingerprint density at radius 3 is 2.57 bits per heavy atom. The number of hydrogen-bond donors (Lipinski definition) is 1. The van der Waals surface area contributed by atoms with Crippen LogP contribution in [0.1, 0.15) is 28.3 Å². The molecule has 0 aliphatic carbocycles. The van der Waals surface area contributed by atoms with Crippen LogP contribution in [0.2, 0.25) is 0 Å². The normalized spacial score (nSPS) is 16.2. The van der Waals surface area contributed by atoms with Gasteiger partial charge >= 0.3 is 0 Å². The molecule has 0 saturated carbocycles. The van der Waals surface area contributed by atoms with Crippen molar-refractivity contribution in [2.45, 2.75) is 12.3 Å². The average Bonchev–Trinajstić information content (AvgIpc) is 2.83. The summed E-state index contributed by atoms with van der Waals surface area (Å²) >= 11 is 0. The van der Waals surface area contributed by atoms with Crippen LogP contribution in [0, 0.1) is 0 Å². The summed E-state index contributed by atoms with van der Waals surface area (Å²) in [5.41, 5.74) is 2.28. The molecule has 0 bridgehead atoms. The van der Waals surface area contributed by atoms with E-state index in [1.165, 1.54) is 0 Å². The Bertz CT molecular complexity index is 691. The maximum absolute atomic E-state index is 12.3. The van der Waals surface area contributed by atoms with Gasteiger partial charge in [-0.1, -0.05) is 18.2 Å². The number of ether oxygens (including phenoxy) is 1. The predicted molar refractivity (Wildman–Crippen MR) is 79.8 cm³/mol. The van der Waals surface area contributed by atoms with Gasteiger partial charge in [-0.05, 0) is 35.9 Å². The van der Waals surface area contributed by atoms with Crippen LogP contribution in [0.5, 0.6) is 5.75 Å². The first kappa shape index (κ1) is 13.4. The highest BCUT2D eigenvalue weighted by Gasteiger charge is 2.32. The molecule has 0 fully saturated rings. The number of methoxy groups -OCH3 is 1. The van der Waals surface area contributed by atoms with Crippen LogP contribution >= 0.6 is 0 Å². The van der Waals surface area contributed by atoms with Gasteiger partial charge in [-0.15, -0.1) is 0 Å². The van der Waals surface area contributed by atoms with E-state index in [1.807, 2.05) is 24.3 Å². The molecule has 2 aromatic carbocycles. The molecule has 1 heterocycles. The number of anilines is 1. The molecule has 0 aromatic heterocycles. The zero-order valence-corrected chi connectivity index (χ0v) is 11.6. The van der Waals surface area contributed by atoms with E-state index >= 15 is 0 Å². The van der Waals surface area contributed by atoms with Crippen molar-refractivity contribution in [1.29, 1.82) is 0 Å². The number of hydrogen-bond acceptors (Lipinski definition) is 3. The first-order chi connectivity index (χ1) is 10.2. The number of carbonyl (C=O) groups excluding carboxylic acids is 2. The van der Waals surface area contributed by atoms with Crippen molar-refractivity contribution in [2.75, 3.05) is 12.4 Å². The minimum absolute atomic E-state index is 0.0468. The monoisotopic (exact) mass is 281 g/mol. The van der Waals surface area contributed by atoms with Crippen molar-refractivity contribution in [1.82, 2.24) is 0 Å². The third-order valence-corrected chi connectivity index (χ3v) is 3.71. The lowest BCUT2D eigenvalue weighted by atomic mass is 9.93. The molecule has 0 unspecified atom stereocenters. The molecule has 1 aliphatic heterocycles. The Morgan fingerprint density at radius 2 is 1.86 bits per heavy atom. The molecular formula is C17H15NO3. The molecular weight excluding hydrogens is 266 g/mol. The van der Waals surface area contributed by atoms with Gasteiger partial charge in [0.1, 0.15) is 5.75 Å². The second-order valence-corrected chi connectivity index (χ2v) is 4.98. The van der Waals surface area contributed by atoms with Crippen molar-refractivity contribution in [2.24, 2.45) is 0 Å². The van der Waals surface area contributed by atoms with Crippen LogP contribution < -0.4 is 10.1 Å². The summed E-state index contributed by atoms with van der Waals surface area (Å²) < 4.78 is 5.07. The van der Waals surface area contributed by atoms with E-state index in [1.54, 1.807) is 31.4 Å². The Morgan fingerprint density at radius 1 is 1.14 bits per heavy atom. The molecule has 0 spiro atoms. The van der Waals surface area contributed by atoms with E-state index in [-0.39, 0.29) is 18.1 Å². The molecule has 1 atom stereocenters. The molecule has 1 aliphatic rings. The number of carbonyl (C=O) groups is 2. The maximum Gasteiger partial charge on any atom is 0.232 e.